The maximum atomic E-state index is 12.7. The first kappa shape index (κ1) is 22.0. The zero-order valence-corrected chi connectivity index (χ0v) is 19.2. The van der Waals surface area contributed by atoms with Crippen LogP contribution in [0.3, 0.4) is 0 Å². The van der Waals surface area contributed by atoms with Gasteiger partial charge in [0.2, 0.25) is 21.1 Å². The Bertz CT molecular complexity index is 1230. The van der Waals surface area contributed by atoms with Crippen LogP contribution in [0.15, 0.2) is 42.5 Å². The molecule has 1 amide bonds. The minimum Gasteiger partial charge on any atom is -0.486 e. The lowest BCUT2D eigenvalue weighted by atomic mass is 10.2. The second-order valence-electron chi connectivity index (χ2n) is 7.06. The van der Waals surface area contributed by atoms with E-state index in [0.29, 0.717) is 40.5 Å². The van der Waals surface area contributed by atoms with Crippen molar-refractivity contribution >= 4 is 38.1 Å². The van der Waals surface area contributed by atoms with Crippen molar-refractivity contribution in [3.8, 4) is 22.1 Å². The van der Waals surface area contributed by atoms with Crippen LogP contribution >= 0.6 is 11.3 Å². The second kappa shape index (κ2) is 9.13. The summed E-state index contributed by atoms with van der Waals surface area (Å²) in [5, 5.41) is 11.7. The van der Waals surface area contributed by atoms with Gasteiger partial charge in [0.25, 0.3) is 0 Å². The molecule has 9 nitrogen and oxygen atoms in total. The number of sulfonamides is 1. The SMILES string of the molecule is CCS(=O)(=O)N(CC(=O)Nc1nnc(-c2ccc(C)cc2)s1)c1ccc2c(c1)OCCO2. The predicted octanol–water partition coefficient (Wildman–Crippen LogP) is 3.08. The summed E-state index contributed by atoms with van der Waals surface area (Å²) in [6.07, 6.45) is 0. The molecule has 1 aliphatic rings. The molecule has 0 spiro atoms. The summed E-state index contributed by atoms with van der Waals surface area (Å²) in [6, 6.07) is 12.6. The Morgan fingerprint density at radius 2 is 1.81 bits per heavy atom. The van der Waals surface area contributed by atoms with E-state index in [1.807, 2.05) is 31.2 Å². The number of fused-ring (bicyclic) bond motifs is 1. The normalized spacial score (nSPS) is 12.9. The minimum absolute atomic E-state index is 0.162. The van der Waals surface area contributed by atoms with Crippen LogP contribution < -0.4 is 19.1 Å². The van der Waals surface area contributed by atoms with Gasteiger partial charge in [-0.3, -0.25) is 14.4 Å². The molecule has 0 bridgehead atoms. The van der Waals surface area contributed by atoms with Crippen LogP contribution in [0.1, 0.15) is 12.5 Å². The number of amides is 1. The van der Waals surface area contributed by atoms with Crippen LogP contribution in [0.25, 0.3) is 10.6 Å². The second-order valence-corrected chi connectivity index (χ2v) is 10.2. The van der Waals surface area contributed by atoms with Crippen LogP contribution in [0, 0.1) is 6.92 Å². The molecule has 168 valence electrons. The Kier molecular flexibility index (Phi) is 6.28. The molecule has 1 aromatic heterocycles. The van der Waals surface area contributed by atoms with Crippen LogP contribution in [0.4, 0.5) is 10.8 Å². The number of rotatable bonds is 7. The van der Waals surface area contributed by atoms with Crippen LogP contribution in [0.2, 0.25) is 0 Å². The fourth-order valence-corrected chi connectivity index (χ4v) is 4.89. The first-order chi connectivity index (χ1) is 15.4. The molecule has 11 heteroatoms. The average molecular weight is 475 g/mol. The molecule has 0 fully saturated rings. The van der Waals surface area contributed by atoms with E-state index in [2.05, 4.69) is 15.5 Å². The van der Waals surface area contributed by atoms with Gasteiger partial charge in [0.1, 0.15) is 24.8 Å². The highest BCUT2D eigenvalue weighted by atomic mass is 32.2. The quantitative estimate of drug-likeness (QED) is 0.560. The summed E-state index contributed by atoms with van der Waals surface area (Å²) in [4.78, 5) is 12.7. The van der Waals surface area contributed by atoms with Gasteiger partial charge in [-0.15, -0.1) is 10.2 Å². The molecule has 0 aliphatic carbocycles. The summed E-state index contributed by atoms with van der Waals surface area (Å²) in [5.41, 5.74) is 2.34. The topological polar surface area (TPSA) is 111 Å². The van der Waals surface area contributed by atoms with Crippen LogP contribution in [-0.4, -0.2) is 50.0 Å². The lowest BCUT2D eigenvalue weighted by Crippen LogP contribution is -2.39. The van der Waals surface area contributed by atoms with E-state index in [9.17, 15) is 13.2 Å². The van der Waals surface area contributed by atoms with E-state index in [-0.39, 0.29) is 5.75 Å². The third-order valence-electron chi connectivity index (χ3n) is 4.77. The molecule has 2 aromatic carbocycles. The smallest absolute Gasteiger partial charge is 0.246 e. The Hall–Kier alpha value is -3.18. The van der Waals surface area contributed by atoms with Crippen LogP contribution in [-0.2, 0) is 14.8 Å². The Balaban J connectivity index is 1.52. The van der Waals surface area contributed by atoms with E-state index in [0.717, 1.165) is 15.4 Å². The number of aryl methyl sites for hydroxylation is 1. The van der Waals surface area contributed by atoms with Crippen molar-refractivity contribution in [2.24, 2.45) is 0 Å². The monoisotopic (exact) mass is 474 g/mol. The molecule has 0 radical (unpaired) electrons. The van der Waals surface area contributed by atoms with E-state index < -0.39 is 22.5 Å². The summed E-state index contributed by atoms with van der Waals surface area (Å²) in [5.74, 6) is 0.294. The Labute approximate surface area is 190 Å². The lowest BCUT2D eigenvalue weighted by Gasteiger charge is -2.25. The Morgan fingerprint density at radius 3 is 2.53 bits per heavy atom. The largest absolute Gasteiger partial charge is 0.486 e. The number of hydrogen-bond acceptors (Lipinski definition) is 8. The maximum absolute atomic E-state index is 12.7. The predicted molar refractivity (Wildman–Crippen MR) is 123 cm³/mol. The number of nitrogens with one attached hydrogen (secondary N) is 1. The summed E-state index contributed by atoms with van der Waals surface area (Å²) < 4.78 is 37.5. The first-order valence-corrected chi connectivity index (χ1v) is 12.4. The van der Waals surface area contributed by atoms with Crippen molar-refractivity contribution in [1.29, 1.82) is 0 Å². The van der Waals surface area contributed by atoms with Gasteiger partial charge >= 0.3 is 0 Å². The molecular formula is C21H22N4O5S2. The van der Waals surface area contributed by atoms with Crippen molar-refractivity contribution in [3.63, 3.8) is 0 Å². The van der Waals surface area contributed by atoms with E-state index >= 15 is 0 Å². The average Bonchev–Trinajstić information content (AvgIpc) is 3.26. The van der Waals surface area contributed by atoms with Crippen molar-refractivity contribution in [3.05, 3.63) is 48.0 Å². The van der Waals surface area contributed by atoms with Crippen molar-refractivity contribution in [1.82, 2.24) is 10.2 Å². The van der Waals surface area contributed by atoms with Crippen molar-refractivity contribution in [2.75, 3.05) is 35.1 Å². The zero-order valence-electron chi connectivity index (χ0n) is 17.6. The lowest BCUT2D eigenvalue weighted by molar-refractivity contribution is -0.114. The molecule has 0 unspecified atom stereocenters. The maximum Gasteiger partial charge on any atom is 0.246 e. The number of carbonyl (C=O) groups is 1. The highest BCUT2D eigenvalue weighted by Gasteiger charge is 2.26. The molecule has 0 atom stereocenters. The molecule has 1 aliphatic heterocycles. The first-order valence-electron chi connectivity index (χ1n) is 9.96. The summed E-state index contributed by atoms with van der Waals surface area (Å²) in [6.45, 7) is 3.91. The highest BCUT2D eigenvalue weighted by molar-refractivity contribution is 7.92. The van der Waals surface area contributed by atoms with Gasteiger partial charge in [-0.05, 0) is 26.0 Å². The van der Waals surface area contributed by atoms with Crippen molar-refractivity contribution in [2.45, 2.75) is 13.8 Å². The van der Waals surface area contributed by atoms with Gasteiger partial charge in [0, 0.05) is 11.6 Å². The van der Waals surface area contributed by atoms with Gasteiger partial charge in [-0.1, -0.05) is 41.2 Å². The van der Waals surface area contributed by atoms with E-state index in [1.54, 1.807) is 18.2 Å². The number of benzene rings is 2. The third kappa shape index (κ3) is 4.83. The van der Waals surface area contributed by atoms with Gasteiger partial charge < -0.3 is 9.47 Å². The molecule has 1 N–H and O–H groups in total. The third-order valence-corrected chi connectivity index (χ3v) is 7.40. The molecule has 0 saturated heterocycles. The number of aromatic nitrogens is 2. The minimum atomic E-state index is -3.73. The number of anilines is 2. The fraction of sp³-hybridized carbons (Fsp3) is 0.286. The zero-order chi connectivity index (χ0) is 22.7. The Morgan fingerprint density at radius 1 is 1.09 bits per heavy atom. The van der Waals surface area contributed by atoms with Crippen molar-refractivity contribution < 1.29 is 22.7 Å². The van der Waals surface area contributed by atoms with Gasteiger partial charge in [0.05, 0.1) is 11.4 Å². The standard InChI is InChI=1S/C21H22N4O5S2/c1-3-32(27,28)25(16-8-9-17-18(12-16)30-11-10-29-17)13-19(26)22-21-24-23-20(31-21)15-6-4-14(2)5-7-15/h4-9,12H,3,10-11,13H2,1-2H3,(H,22,24,26). The molecule has 0 saturated carbocycles. The fourth-order valence-electron chi connectivity index (χ4n) is 3.07. The number of nitrogens with zero attached hydrogens (tertiary/aromatic N) is 3. The van der Waals surface area contributed by atoms with E-state index in [4.69, 9.17) is 9.47 Å². The van der Waals surface area contributed by atoms with Crippen LogP contribution in [0.5, 0.6) is 11.5 Å². The summed E-state index contributed by atoms with van der Waals surface area (Å²) in [7, 11) is -3.73. The van der Waals surface area contributed by atoms with Gasteiger partial charge in [-0.2, -0.15) is 0 Å². The number of carbonyl (C=O) groups excluding carboxylic acids is 1. The number of ether oxygens (including phenoxy) is 2. The molecule has 32 heavy (non-hydrogen) atoms. The van der Waals surface area contributed by atoms with Gasteiger partial charge in [0.15, 0.2) is 11.5 Å². The molecule has 3 aromatic rings. The van der Waals surface area contributed by atoms with Gasteiger partial charge in [-0.25, -0.2) is 8.42 Å². The molecular weight excluding hydrogens is 452 g/mol. The number of hydrogen-bond donors (Lipinski definition) is 1. The highest BCUT2D eigenvalue weighted by Crippen LogP contribution is 2.35. The molecule has 4 rings (SSSR count). The molecule has 2 heterocycles. The summed E-state index contributed by atoms with van der Waals surface area (Å²) >= 11 is 1.22. The van der Waals surface area contributed by atoms with E-state index in [1.165, 1.54) is 18.3 Å².